The third-order valence-corrected chi connectivity index (χ3v) is 1.23. The molecule has 0 fully saturated rings. The summed E-state index contributed by atoms with van der Waals surface area (Å²) in [6.07, 6.45) is 0. The first-order chi connectivity index (χ1) is 5.11. The number of aryl methyl sites for hydroxylation is 1. The third kappa shape index (κ3) is 1.52. The van der Waals surface area contributed by atoms with Crippen molar-refractivity contribution in [2.45, 2.75) is 6.92 Å². The fourth-order valence-corrected chi connectivity index (χ4v) is 0.658. The Morgan fingerprint density at radius 2 is 2.27 bits per heavy atom. The van der Waals surface area contributed by atoms with Crippen LogP contribution < -0.4 is 5.11 Å². The van der Waals surface area contributed by atoms with Gasteiger partial charge in [0.15, 0.2) is 0 Å². The van der Waals surface area contributed by atoms with E-state index in [2.05, 4.69) is 4.98 Å². The minimum absolute atomic E-state index is 0.0618. The molecule has 58 valence electrons. The van der Waals surface area contributed by atoms with Gasteiger partial charge in [-0.25, -0.2) is 9.37 Å². The van der Waals surface area contributed by atoms with E-state index in [1.165, 1.54) is 6.92 Å². The lowest BCUT2D eigenvalue weighted by Gasteiger charge is -2.01. The second kappa shape index (κ2) is 2.65. The zero-order chi connectivity index (χ0) is 8.43. The van der Waals surface area contributed by atoms with Gasteiger partial charge >= 0.3 is 0 Å². The number of rotatable bonds is 1. The number of carbonyl (C=O) groups is 1. The summed E-state index contributed by atoms with van der Waals surface area (Å²) in [6, 6.07) is 2.12. The smallest absolute Gasteiger partial charge is 0.144 e. The number of carboxylic acids is 1. The van der Waals surface area contributed by atoms with Gasteiger partial charge in [-0.15, -0.1) is 0 Å². The van der Waals surface area contributed by atoms with Crippen LogP contribution in [0.4, 0.5) is 4.39 Å². The summed E-state index contributed by atoms with van der Waals surface area (Å²) >= 11 is 0. The lowest BCUT2D eigenvalue weighted by Crippen LogP contribution is -2.23. The molecule has 1 heterocycles. The summed E-state index contributed by atoms with van der Waals surface area (Å²) in [4.78, 5) is 13.6. The SMILES string of the molecule is Cc1nc(C(=O)[O-])ccc1F. The monoisotopic (exact) mass is 154 g/mol. The molecule has 0 spiro atoms. The quantitative estimate of drug-likeness (QED) is 0.567. The van der Waals surface area contributed by atoms with Gasteiger partial charge < -0.3 is 9.90 Å². The van der Waals surface area contributed by atoms with E-state index in [9.17, 15) is 14.3 Å². The molecular formula is C7H5FNO2-. The highest BCUT2D eigenvalue weighted by Gasteiger charge is 1.99. The summed E-state index contributed by atoms with van der Waals surface area (Å²) in [6.45, 7) is 1.39. The molecule has 0 amide bonds. The molecule has 1 aromatic rings. The first kappa shape index (κ1) is 7.65. The molecule has 4 heteroatoms. The van der Waals surface area contributed by atoms with Crippen molar-refractivity contribution in [3.63, 3.8) is 0 Å². The summed E-state index contributed by atoms with van der Waals surface area (Å²) in [7, 11) is 0. The maximum Gasteiger partial charge on any atom is 0.144 e. The molecule has 0 radical (unpaired) electrons. The first-order valence-electron chi connectivity index (χ1n) is 2.96. The van der Waals surface area contributed by atoms with E-state index in [0.717, 1.165) is 12.1 Å². The molecular weight excluding hydrogens is 149 g/mol. The average molecular weight is 154 g/mol. The van der Waals surface area contributed by atoms with Crippen LogP contribution in [0, 0.1) is 12.7 Å². The van der Waals surface area contributed by atoms with Crippen molar-refractivity contribution in [3.05, 3.63) is 29.3 Å². The van der Waals surface area contributed by atoms with Gasteiger partial charge in [-0.3, -0.25) is 0 Å². The largest absolute Gasteiger partial charge is 0.543 e. The number of aromatic carboxylic acids is 1. The molecule has 0 atom stereocenters. The number of carboxylic acid groups (broad SMARTS) is 1. The van der Waals surface area contributed by atoms with Crippen LogP contribution in [-0.4, -0.2) is 11.0 Å². The molecule has 0 saturated carbocycles. The Kier molecular flexibility index (Phi) is 1.85. The van der Waals surface area contributed by atoms with Gasteiger partial charge in [0, 0.05) is 0 Å². The van der Waals surface area contributed by atoms with Crippen LogP contribution >= 0.6 is 0 Å². The summed E-state index contributed by atoms with van der Waals surface area (Å²) in [5, 5.41) is 10.2. The van der Waals surface area contributed by atoms with Gasteiger partial charge in [0.05, 0.1) is 17.4 Å². The Labute approximate surface area is 62.5 Å². The molecule has 0 N–H and O–H groups in total. The molecule has 0 aliphatic heterocycles. The molecule has 0 aromatic carbocycles. The number of hydrogen-bond donors (Lipinski definition) is 0. The van der Waals surface area contributed by atoms with Crippen molar-refractivity contribution in [3.8, 4) is 0 Å². The highest BCUT2D eigenvalue weighted by Crippen LogP contribution is 2.02. The van der Waals surface area contributed by atoms with E-state index < -0.39 is 11.8 Å². The van der Waals surface area contributed by atoms with Crippen LogP contribution in [-0.2, 0) is 0 Å². The number of carbonyl (C=O) groups excluding carboxylic acids is 1. The number of nitrogens with zero attached hydrogens (tertiary/aromatic N) is 1. The molecule has 11 heavy (non-hydrogen) atoms. The van der Waals surface area contributed by atoms with E-state index in [4.69, 9.17) is 0 Å². The average Bonchev–Trinajstić information content (AvgIpc) is 1.94. The van der Waals surface area contributed by atoms with Crippen LogP contribution in [0.25, 0.3) is 0 Å². The summed E-state index contributed by atoms with van der Waals surface area (Å²) in [5.74, 6) is -1.91. The Balaban J connectivity index is 3.15. The summed E-state index contributed by atoms with van der Waals surface area (Å²) < 4.78 is 12.5. The van der Waals surface area contributed by atoms with Gasteiger partial charge in [-0.05, 0) is 19.1 Å². The normalized spacial score (nSPS) is 9.64. The van der Waals surface area contributed by atoms with Crippen LogP contribution in [0.15, 0.2) is 12.1 Å². The highest BCUT2D eigenvalue weighted by molar-refractivity contribution is 5.83. The fraction of sp³-hybridized carbons (Fsp3) is 0.143. The van der Waals surface area contributed by atoms with Crippen molar-refractivity contribution in [2.75, 3.05) is 0 Å². The van der Waals surface area contributed by atoms with E-state index in [1.807, 2.05) is 0 Å². The van der Waals surface area contributed by atoms with Gasteiger partial charge in [-0.1, -0.05) is 0 Å². The fourth-order valence-electron chi connectivity index (χ4n) is 0.658. The van der Waals surface area contributed by atoms with Crippen LogP contribution in [0.1, 0.15) is 16.2 Å². The highest BCUT2D eigenvalue weighted by atomic mass is 19.1. The standard InChI is InChI=1S/C7H6FNO2/c1-4-5(8)2-3-6(9-4)7(10)11/h2-3H,1H3,(H,10,11)/p-1. The molecule has 0 bridgehead atoms. The second-order valence-electron chi connectivity index (χ2n) is 2.05. The van der Waals surface area contributed by atoms with Crippen molar-refractivity contribution in [1.29, 1.82) is 0 Å². The van der Waals surface area contributed by atoms with Crippen LogP contribution in [0.5, 0.6) is 0 Å². The first-order valence-corrected chi connectivity index (χ1v) is 2.96. The van der Waals surface area contributed by atoms with Gasteiger partial charge in [-0.2, -0.15) is 0 Å². The zero-order valence-corrected chi connectivity index (χ0v) is 5.80. The third-order valence-electron chi connectivity index (χ3n) is 1.23. The molecule has 1 aromatic heterocycles. The predicted octanol–water partition coefficient (Wildman–Crippen LogP) is -0.107. The van der Waals surface area contributed by atoms with E-state index >= 15 is 0 Å². The molecule has 1 rings (SSSR count). The Morgan fingerprint density at radius 3 is 2.73 bits per heavy atom. The summed E-state index contributed by atoms with van der Waals surface area (Å²) in [5.41, 5.74) is -0.185. The zero-order valence-electron chi connectivity index (χ0n) is 5.80. The van der Waals surface area contributed by atoms with Crippen molar-refractivity contribution in [1.82, 2.24) is 4.98 Å². The number of halogens is 1. The second-order valence-corrected chi connectivity index (χ2v) is 2.05. The molecule has 0 aliphatic rings. The van der Waals surface area contributed by atoms with Gasteiger partial charge in [0.1, 0.15) is 5.82 Å². The van der Waals surface area contributed by atoms with Crippen molar-refractivity contribution in [2.24, 2.45) is 0 Å². The lowest BCUT2D eigenvalue weighted by molar-refractivity contribution is -0.255. The minimum Gasteiger partial charge on any atom is -0.543 e. The number of aromatic nitrogens is 1. The maximum atomic E-state index is 12.5. The van der Waals surface area contributed by atoms with E-state index in [0.29, 0.717) is 0 Å². The lowest BCUT2D eigenvalue weighted by atomic mass is 10.3. The molecule has 0 saturated heterocycles. The van der Waals surface area contributed by atoms with Crippen LogP contribution in [0.2, 0.25) is 0 Å². The molecule has 0 aliphatic carbocycles. The Hall–Kier alpha value is -1.45. The van der Waals surface area contributed by atoms with E-state index in [-0.39, 0.29) is 11.4 Å². The van der Waals surface area contributed by atoms with Gasteiger partial charge in [0.25, 0.3) is 0 Å². The topological polar surface area (TPSA) is 53.0 Å². The van der Waals surface area contributed by atoms with Crippen molar-refractivity contribution < 1.29 is 14.3 Å². The Morgan fingerprint density at radius 1 is 1.64 bits per heavy atom. The number of hydrogen-bond acceptors (Lipinski definition) is 3. The Bertz CT molecular complexity index is 298. The maximum absolute atomic E-state index is 12.5. The molecule has 0 unspecified atom stereocenters. The van der Waals surface area contributed by atoms with Crippen molar-refractivity contribution >= 4 is 5.97 Å². The van der Waals surface area contributed by atoms with E-state index in [1.54, 1.807) is 0 Å². The number of pyridine rings is 1. The minimum atomic E-state index is -1.40. The van der Waals surface area contributed by atoms with Gasteiger partial charge in [0.2, 0.25) is 0 Å². The predicted molar refractivity (Wildman–Crippen MR) is 33.3 cm³/mol. The van der Waals surface area contributed by atoms with Crippen LogP contribution in [0.3, 0.4) is 0 Å². The molecule has 3 nitrogen and oxygen atoms in total.